The Bertz CT molecular complexity index is 248. The number of nitrogens with one attached hydrogen (secondary N) is 1. The first-order valence-corrected chi connectivity index (χ1v) is 6.15. The van der Waals surface area contributed by atoms with E-state index in [9.17, 15) is 0 Å². The van der Waals surface area contributed by atoms with E-state index in [1.165, 1.54) is 0 Å². The fraction of sp³-hybridized carbons (Fsp3) is 0.909. The third-order valence-electron chi connectivity index (χ3n) is 3.05. The molecule has 1 aliphatic rings. The lowest BCUT2D eigenvalue weighted by molar-refractivity contribution is -0.0192. The maximum absolute atomic E-state index is 8.53. The second-order valence-electron chi connectivity index (χ2n) is 4.56. The molecule has 0 aromatic heterocycles. The zero-order valence-corrected chi connectivity index (χ0v) is 10.7. The van der Waals surface area contributed by atoms with Crippen molar-refractivity contribution in [3.8, 4) is 0 Å². The van der Waals surface area contributed by atoms with Crippen LogP contribution in [0.5, 0.6) is 0 Å². The van der Waals surface area contributed by atoms with Crippen LogP contribution in [0.3, 0.4) is 0 Å². The molecule has 2 unspecified atom stereocenters. The molecule has 0 bridgehead atoms. The molecular weight excluding hydrogens is 220 g/mol. The quantitative estimate of drug-likeness (QED) is 0.261. The Hall–Kier alpha value is -0.850. The second kappa shape index (κ2) is 7.47. The lowest BCUT2D eigenvalue weighted by Crippen LogP contribution is -2.47. The summed E-state index contributed by atoms with van der Waals surface area (Å²) in [4.78, 5) is 2.26. The van der Waals surface area contributed by atoms with Crippen LogP contribution in [0.2, 0.25) is 0 Å². The third kappa shape index (κ3) is 5.34. The lowest BCUT2D eigenvalue weighted by Gasteiger charge is -2.31. The van der Waals surface area contributed by atoms with E-state index in [0.29, 0.717) is 6.42 Å². The summed E-state index contributed by atoms with van der Waals surface area (Å²) < 4.78 is 5.66. The number of hydrogen-bond donors (Lipinski definition) is 3. The van der Waals surface area contributed by atoms with Gasteiger partial charge in [-0.1, -0.05) is 12.1 Å². The molecule has 6 heteroatoms. The molecule has 0 spiro atoms. The van der Waals surface area contributed by atoms with Crippen molar-refractivity contribution in [1.82, 2.24) is 10.2 Å². The van der Waals surface area contributed by atoms with Crippen LogP contribution in [-0.4, -0.2) is 61.4 Å². The summed E-state index contributed by atoms with van der Waals surface area (Å²) in [5.41, 5.74) is 5.50. The molecule has 4 N–H and O–H groups in total. The fourth-order valence-corrected chi connectivity index (χ4v) is 1.94. The smallest absolute Gasteiger partial charge is 0.140 e. The minimum Gasteiger partial charge on any atom is -0.409 e. The molecule has 17 heavy (non-hydrogen) atoms. The van der Waals surface area contributed by atoms with E-state index < -0.39 is 0 Å². The van der Waals surface area contributed by atoms with Gasteiger partial charge in [0, 0.05) is 32.1 Å². The number of hydrogen-bond acceptors (Lipinski definition) is 5. The molecule has 100 valence electrons. The van der Waals surface area contributed by atoms with Gasteiger partial charge in [-0.15, -0.1) is 0 Å². The van der Waals surface area contributed by atoms with Gasteiger partial charge in [-0.25, -0.2) is 0 Å². The van der Waals surface area contributed by atoms with Crippen LogP contribution in [0.4, 0.5) is 0 Å². The van der Waals surface area contributed by atoms with E-state index in [1.807, 2.05) is 0 Å². The first-order chi connectivity index (χ1) is 8.15. The highest BCUT2D eigenvalue weighted by molar-refractivity contribution is 5.80. The maximum atomic E-state index is 8.53. The zero-order valence-electron chi connectivity index (χ0n) is 10.7. The third-order valence-corrected chi connectivity index (χ3v) is 3.05. The van der Waals surface area contributed by atoms with Crippen LogP contribution in [-0.2, 0) is 4.74 Å². The second-order valence-corrected chi connectivity index (χ2v) is 4.56. The zero-order chi connectivity index (χ0) is 12.7. The largest absolute Gasteiger partial charge is 0.409 e. The van der Waals surface area contributed by atoms with E-state index in [-0.39, 0.29) is 18.0 Å². The lowest BCUT2D eigenvalue weighted by atomic mass is 10.1. The molecule has 0 aromatic carbocycles. The Balaban J connectivity index is 2.26. The molecule has 1 aliphatic heterocycles. The van der Waals surface area contributed by atoms with Gasteiger partial charge in [0.25, 0.3) is 0 Å². The Morgan fingerprint density at radius 2 is 2.47 bits per heavy atom. The van der Waals surface area contributed by atoms with Crippen LogP contribution >= 0.6 is 0 Å². The molecular formula is C11H24N4O2. The van der Waals surface area contributed by atoms with Crippen molar-refractivity contribution in [2.24, 2.45) is 10.9 Å². The van der Waals surface area contributed by atoms with Gasteiger partial charge in [0.05, 0.1) is 12.7 Å². The highest BCUT2D eigenvalue weighted by atomic mass is 16.5. The van der Waals surface area contributed by atoms with Crippen LogP contribution in [0.1, 0.15) is 19.8 Å². The molecule has 0 aromatic rings. The monoisotopic (exact) mass is 244 g/mol. The predicted octanol–water partition coefficient (Wildman–Crippen LogP) is -0.178. The van der Waals surface area contributed by atoms with E-state index >= 15 is 0 Å². The molecule has 0 amide bonds. The van der Waals surface area contributed by atoms with Gasteiger partial charge >= 0.3 is 0 Å². The summed E-state index contributed by atoms with van der Waals surface area (Å²) in [5, 5.41) is 14.9. The summed E-state index contributed by atoms with van der Waals surface area (Å²) >= 11 is 0. The number of amidine groups is 1. The van der Waals surface area contributed by atoms with Crippen LogP contribution in [0.25, 0.3) is 0 Å². The minimum absolute atomic E-state index is 0.232. The number of likely N-dealkylation sites (N-methyl/N-ethyl adjacent to an activating group) is 1. The Labute approximate surface area is 103 Å². The maximum Gasteiger partial charge on any atom is 0.140 e. The number of ether oxygens (including phenoxy) is 1. The highest BCUT2D eigenvalue weighted by Gasteiger charge is 2.18. The molecule has 1 heterocycles. The van der Waals surface area contributed by atoms with Crippen molar-refractivity contribution in [2.75, 3.05) is 33.3 Å². The van der Waals surface area contributed by atoms with E-state index in [1.54, 1.807) is 0 Å². The topological polar surface area (TPSA) is 83.1 Å². The van der Waals surface area contributed by atoms with Crippen molar-refractivity contribution in [3.05, 3.63) is 0 Å². The van der Waals surface area contributed by atoms with E-state index in [0.717, 1.165) is 32.7 Å². The van der Waals surface area contributed by atoms with Crippen LogP contribution in [0.15, 0.2) is 5.16 Å². The Morgan fingerprint density at radius 1 is 1.71 bits per heavy atom. The molecule has 0 radical (unpaired) electrons. The molecule has 1 rings (SSSR count). The highest BCUT2D eigenvalue weighted by Crippen LogP contribution is 2.04. The molecule has 2 atom stereocenters. The predicted molar refractivity (Wildman–Crippen MR) is 67.3 cm³/mol. The number of nitrogens with zero attached hydrogens (tertiary/aromatic N) is 2. The van der Waals surface area contributed by atoms with E-state index in [4.69, 9.17) is 15.7 Å². The summed E-state index contributed by atoms with van der Waals surface area (Å²) in [6.45, 7) is 5.63. The molecule has 0 saturated carbocycles. The first kappa shape index (κ1) is 14.2. The summed E-state index contributed by atoms with van der Waals surface area (Å²) in [7, 11) is 2.10. The normalized spacial score (nSPS) is 24.8. The SMILES string of the molecule is CCC(CC(N)=NO)NCC1CN(C)CCO1. The number of oxime groups is 1. The number of nitrogens with two attached hydrogens (primary N) is 1. The van der Waals surface area contributed by atoms with Crippen molar-refractivity contribution < 1.29 is 9.94 Å². The summed E-state index contributed by atoms with van der Waals surface area (Å²) in [6, 6.07) is 0.238. The number of morpholine rings is 1. The van der Waals surface area contributed by atoms with E-state index in [2.05, 4.69) is 29.3 Å². The minimum atomic E-state index is 0.232. The Morgan fingerprint density at radius 3 is 3.06 bits per heavy atom. The average molecular weight is 244 g/mol. The fourth-order valence-electron chi connectivity index (χ4n) is 1.94. The van der Waals surface area contributed by atoms with Gasteiger partial charge in [-0.3, -0.25) is 0 Å². The van der Waals surface area contributed by atoms with Gasteiger partial charge in [-0.05, 0) is 13.5 Å². The molecule has 0 aliphatic carbocycles. The Kier molecular flexibility index (Phi) is 6.25. The number of rotatable bonds is 6. The van der Waals surface area contributed by atoms with Crippen LogP contribution < -0.4 is 11.1 Å². The van der Waals surface area contributed by atoms with Gasteiger partial charge in [0.2, 0.25) is 0 Å². The standard InChI is InChI=1S/C11H24N4O2/c1-3-9(6-11(12)14-16)13-7-10-8-15(2)4-5-17-10/h9-10,13,16H,3-8H2,1-2H3,(H2,12,14). The van der Waals surface area contributed by atoms with Crippen LogP contribution in [0, 0.1) is 0 Å². The van der Waals surface area contributed by atoms with Gasteiger partial charge in [0.15, 0.2) is 0 Å². The molecule has 1 saturated heterocycles. The summed E-state index contributed by atoms with van der Waals surface area (Å²) in [5.74, 6) is 0.269. The van der Waals surface area contributed by atoms with Crippen molar-refractivity contribution in [3.63, 3.8) is 0 Å². The average Bonchev–Trinajstić information content (AvgIpc) is 2.34. The summed E-state index contributed by atoms with van der Waals surface area (Å²) in [6.07, 6.45) is 1.74. The van der Waals surface area contributed by atoms with Gasteiger partial charge in [0.1, 0.15) is 5.84 Å². The van der Waals surface area contributed by atoms with Gasteiger partial charge in [-0.2, -0.15) is 0 Å². The van der Waals surface area contributed by atoms with Gasteiger partial charge < -0.3 is 25.9 Å². The van der Waals surface area contributed by atoms with Crippen molar-refractivity contribution in [1.29, 1.82) is 0 Å². The first-order valence-electron chi connectivity index (χ1n) is 6.15. The van der Waals surface area contributed by atoms with Crippen molar-refractivity contribution in [2.45, 2.75) is 31.9 Å². The molecule has 1 fully saturated rings. The van der Waals surface area contributed by atoms with Crippen molar-refractivity contribution >= 4 is 5.84 Å². The molecule has 6 nitrogen and oxygen atoms in total.